The van der Waals surface area contributed by atoms with Gasteiger partial charge in [-0.25, -0.2) is 0 Å². The molecule has 1 aromatic rings. The average Bonchev–Trinajstić information content (AvgIpc) is 2.30. The summed E-state index contributed by atoms with van der Waals surface area (Å²) >= 11 is 5.95. The molecule has 2 nitrogen and oxygen atoms in total. The van der Waals surface area contributed by atoms with Gasteiger partial charge in [-0.3, -0.25) is 4.79 Å². The van der Waals surface area contributed by atoms with Crippen LogP contribution in [-0.4, -0.2) is 12.4 Å². The Labute approximate surface area is 93.5 Å². The van der Waals surface area contributed by atoms with Gasteiger partial charge in [0.05, 0.1) is 17.9 Å². The van der Waals surface area contributed by atoms with Crippen molar-refractivity contribution in [3.05, 3.63) is 46.7 Å². The molecular formula is C12H11ClO2. The van der Waals surface area contributed by atoms with Crippen LogP contribution in [0.25, 0.3) is 0 Å². The number of hydrogen-bond donors (Lipinski definition) is 0. The Bertz CT molecular complexity index is 410. The van der Waals surface area contributed by atoms with Crippen molar-refractivity contribution in [2.24, 2.45) is 0 Å². The second-order valence-electron chi connectivity index (χ2n) is 3.43. The monoisotopic (exact) mass is 222 g/mol. The molecular weight excluding hydrogens is 212 g/mol. The number of benzene rings is 1. The van der Waals surface area contributed by atoms with Crippen LogP contribution < -0.4 is 0 Å². The van der Waals surface area contributed by atoms with Crippen molar-refractivity contribution < 1.29 is 9.53 Å². The predicted octanol–water partition coefficient (Wildman–Crippen LogP) is 3.22. The lowest BCUT2D eigenvalue weighted by molar-refractivity contribution is 0.101. The van der Waals surface area contributed by atoms with E-state index in [0.717, 1.165) is 12.8 Å². The van der Waals surface area contributed by atoms with Gasteiger partial charge in [0, 0.05) is 11.1 Å². The summed E-state index contributed by atoms with van der Waals surface area (Å²) in [6.07, 6.45) is 3.21. The number of ketones is 1. The first-order valence-corrected chi connectivity index (χ1v) is 5.27. The zero-order chi connectivity index (χ0) is 10.7. The molecule has 0 aromatic heterocycles. The van der Waals surface area contributed by atoms with E-state index < -0.39 is 0 Å². The standard InChI is InChI=1S/C12H11ClO2/c13-11-6-2-1-5-10(11)12(14)9-4-3-7-15-8-9/h1-2,5-6,8H,3-4,7H2. The van der Waals surface area contributed by atoms with Crippen LogP contribution in [0, 0.1) is 0 Å². The largest absolute Gasteiger partial charge is 0.501 e. The maximum absolute atomic E-state index is 12.0. The van der Waals surface area contributed by atoms with Gasteiger partial charge in [-0.1, -0.05) is 23.7 Å². The highest BCUT2D eigenvalue weighted by molar-refractivity contribution is 6.34. The first kappa shape index (κ1) is 10.2. The third-order valence-corrected chi connectivity index (χ3v) is 2.67. The number of allylic oxidation sites excluding steroid dienone is 1. The normalized spacial score (nSPS) is 15.4. The molecule has 0 aliphatic carbocycles. The van der Waals surface area contributed by atoms with Crippen LogP contribution in [-0.2, 0) is 4.74 Å². The minimum Gasteiger partial charge on any atom is -0.501 e. The fraction of sp³-hybridized carbons (Fsp3) is 0.250. The molecule has 0 N–H and O–H groups in total. The van der Waals surface area contributed by atoms with E-state index in [0.29, 0.717) is 22.8 Å². The van der Waals surface area contributed by atoms with Crippen molar-refractivity contribution >= 4 is 17.4 Å². The molecule has 0 saturated carbocycles. The molecule has 1 heterocycles. The van der Waals surface area contributed by atoms with Crippen LogP contribution in [0.5, 0.6) is 0 Å². The number of carbonyl (C=O) groups excluding carboxylic acids is 1. The van der Waals surface area contributed by atoms with E-state index in [1.165, 1.54) is 0 Å². The molecule has 0 radical (unpaired) electrons. The Kier molecular flexibility index (Phi) is 3.07. The van der Waals surface area contributed by atoms with Gasteiger partial charge in [-0.15, -0.1) is 0 Å². The summed E-state index contributed by atoms with van der Waals surface area (Å²) in [6.45, 7) is 0.694. The van der Waals surface area contributed by atoms with Crippen LogP contribution in [0.3, 0.4) is 0 Å². The summed E-state index contributed by atoms with van der Waals surface area (Å²) in [5, 5.41) is 0.494. The lowest BCUT2D eigenvalue weighted by atomic mass is 10.00. The van der Waals surface area contributed by atoms with E-state index >= 15 is 0 Å². The quantitative estimate of drug-likeness (QED) is 0.719. The molecule has 0 atom stereocenters. The third kappa shape index (κ3) is 2.21. The SMILES string of the molecule is O=C(C1=COCCC1)c1ccccc1Cl. The van der Waals surface area contributed by atoms with Crippen molar-refractivity contribution in [2.75, 3.05) is 6.61 Å². The molecule has 0 unspecified atom stereocenters. The van der Waals surface area contributed by atoms with Gasteiger partial charge in [-0.05, 0) is 25.0 Å². The first-order valence-electron chi connectivity index (χ1n) is 4.89. The zero-order valence-corrected chi connectivity index (χ0v) is 8.96. The first-order chi connectivity index (χ1) is 7.29. The second-order valence-corrected chi connectivity index (χ2v) is 3.83. The van der Waals surface area contributed by atoms with Gasteiger partial charge in [-0.2, -0.15) is 0 Å². The number of halogens is 1. The molecule has 3 heteroatoms. The number of ether oxygens (including phenoxy) is 1. The van der Waals surface area contributed by atoms with Crippen LogP contribution in [0.2, 0.25) is 5.02 Å². The predicted molar refractivity (Wildman–Crippen MR) is 59.1 cm³/mol. The van der Waals surface area contributed by atoms with E-state index in [1.807, 2.05) is 12.1 Å². The summed E-state index contributed by atoms with van der Waals surface area (Å²) in [6, 6.07) is 7.08. The third-order valence-electron chi connectivity index (χ3n) is 2.34. The average molecular weight is 223 g/mol. The summed E-state index contributed by atoms with van der Waals surface area (Å²) in [7, 11) is 0. The Hall–Kier alpha value is -1.28. The van der Waals surface area contributed by atoms with Gasteiger partial charge < -0.3 is 4.74 Å². The Morgan fingerprint density at radius 1 is 1.33 bits per heavy atom. The van der Waals surface area contributed by atoms with Crippen molar-refractivity contribution in [3.63, 3.8) is 0 Å². The van der Waals surface area contributed by atoms with Crippen LogP contribution >= 0.6 is 11.6 Å². The Morgan fingerprint density at radius 2 is 2.13 bits per heavy atom. The summed E-state index contributed by atoms with van der Waals surface area (Å²) in [5.74, 6) is -0.0275. The summed E-state index contributed by atoms with van der Waals surface area (Å²) in [4.78, 5) is 12.0. The second kappa shape index (κ2) is 4.49. The van der Waals surface area contributed by atoms with Crippen LogP contribution in [0.4, 0.5) is 0 Å². The molecule has 0 saturated heterocycles. The van der Waals surface area contributed by atoms with E-state index in [2.05, 4.69) is 0 Å². The molecule has 1 aliphatic rings. The Balaban J connectivity index is 2.28. The lowest BCUT2D eigenvalue weighted by Gasteiger charge is -2.13. The van der Waals surface area contributed by atoms with Crippen molar-refractivity contribution in [1.82, 2.24) is 0 Å². The number of carbonyl (C=O) groups is 1. The van der Waals surface area contributed by atoms with Gasteiger partial charge >= 0.3 is 0 Å². The van der Waals surface area contributed by atoms with Crippen molar-refractivity contribution in [1.29, 1.82) is 0 Å². The van der Waals surface area contributed by atoms with Crippen molar-refractivity contribution in [3.8, 4) is 0 Å². The lowest BCUT2D eigenvalue weighted by Crippen LogP contribution is -2.09. The topological polar surface area (TPSA) is 26.3 Å². The molecule has 0 fully saturated rings. The highest BCUT2D eigenvalue weighted by Gasteiger charge is 2.17. The number of rotatable bonds is 2. The summed E-state index contributed by atoms with van der Waals surface area (Å²) < 4.78 is 5.14. The molecule has 0 bridgehead atoms. The fourth-order valence-electron chi connectivity index (χ4n) is 1.55. The molecule has 2 rings (SSSR count). The smallest absolute Gasteiger partial charge is 0.193 e. The van der Waals surface area contributed by atoms with Crippen LogP contribution in [0.1, 0.15) is 23.2 Å². The number of Topliss-reactive ketones (excluding diaryl/α,β-unsaturated/α-hetero) is 1. The minimum atomic E-state index is -0.0275. The summed E-state index contributed by atoms with van der Waals surface area (Å²) in [5.41, 5.74) is 1.25. The Morgan fingerprint density at radius 3 is 2.80 bits per heavy atom. The maximum Gasteiger partial charge on any atom is 0.193 e. The highest BCUT2D eigenvalue weighted by atomic mass is 35.5. The van der Waals surface area contributed by atoms with E-state index in [-0.39, 0.29) is 5.78 Å². The van der Waals surface area contributed by atoms with Gasteiger partial charge in [0.25, 0.3) is 0 Å². The molecule has 15 heavy (non-hydrogen) atoms. The van der Waals surface area contributed by atoms with E-state index in [4.69, 9.17) is 16.3 Å². The van der Waals surface area contributed by atoms with E-state index in [1.54, 1.807) is 18.4 Å². The highest BCUT2D eigenvalue weighted by Crippen LogP contribution is 2.22. The molecule has 0 spiro atoms. The minimum absolute atomic E-state index is 0.0275. The van der Waals surface area contributed by atoms with Gasteiger partial charge in [0.15, 0.2) is 5.78 Å². The maximum atomic E-state index is 12.0. The molecule has 1 aromatic carbocycles. The van der Waals surface area contributed by atoms with Crippen LogP contribution in [0.15, 0.2) is 36.1 Å². The zero-order valence-electron chi connectivity index (χ0n) is 8.20. The fourth-order valence-corrected chi connectivity index (χ4v) is 1.77. The molecule has 1 aliphatic heterocycles. The number of hydrogen-bond acceptors (Lipinski definition) is 2. The van der Waals surface area contributed by atoms with Gasteiger partial charge in [0.2, 0.25) is 0 Å². The molecule has 0 amide bonds. The molecule has 78 valence electrons. The van der Waals surface area contributed by atoms with E-state index in [9.17, 15) is 4.79 Å². The van der Waals surface area contributed by atoms with Crippen molar-refractivity contribution in [2.45, 2.75) is 12.8 Å². The van der Waals surface area contributed by atoms with Gasteiger partial charge in [0.1, 0.15) is 0 Å².